The molecule has 5 rings (SSSR count). The van der Waals surface area contributed by atoms with E-state index < -0.39 is 0 Å². The summed E-state index contributed by atoms with van der Waals surface area (Å²) < 4.78 is 0. The SMILES string of the molecule is Nc1nc(NC2Cc3ccccc3N(C(=O)c3cccs3)C2)c2cn[nH]c2n1. The van der Waals surface area contributed by atoms with Gasteiger partial charge in [-0.2, -0.15) is 15.1 Å². The molecule has 9 heteroatoms. The molecule has 1 aromatic carbocycles. The van der Waals surface area contributed by atoms with Crippen molar-refractivity contribution < 1.29 is 4.79 Å². The lowest BCUT2D eigenvalue weighted by Crippen LogP contribution is -2.45. The fourth-order valence-corrected chi connectivity index (χ4v) is 4.25. The molecular formula is C19H17N7OS. The van der Waals surface area contributed by atoms with Gasteiger partial charge in [0.2, 0.25) is 5.95 Å². The molecule has 0 saturated carbocycles. The Labute approximate surface area is 164 Å². The van der Waals surface area contributed by atoms with Crippen LogP contribution < -0.4 is 16.0 Å². The van der Waals surface area contributed by atoms with Crippen LogP contribution in [0.15, 0.2) is 48.0 Å². The van der Waals surface area contributed by atoms with E-state index in [1.165, 1.54) is 11.3 Å². The van der Waals surface area contributed by atoms with Crippen LogP contribution in [0.5, 0.6) is 0 Å². The van der Waals surface area contributed by atoms with Gasteiger partial charge in [-0.25, -0.2) is 0 Å². The van der Waals surface area contributed by atoms with Gasteiger partial charge in [-0.15, -0.1) is 11.3 Å². The minimum atomic E-state index is -0.0220. The highest BCUT2D eigenvalue weighted by molar-refractivity contribution is 7.12. The number of aromatic amines is 1. The zero-order chi connectivity index (χ0) is 19.1. The topological polar surface area (TPSA) is 113 Å². The average molecular weight is 391 g/mol. The number of thiophene rings is 1. The molecule has 3 aromatic heterocycles. The van der Waals surface area contributed by atoms with Gasteiger partial charge in [0.05, 0.1) is 16.5 Å². The molecule has 0 bridgehead atoms. The van der Waals surface area contributed by atoms with Gasteiger partial charge >= 0.3 is 0 Å². The number of para-hydroxylation sites is 1. The summed E-state index contributed by atoms with van der Waals surface area (Å²) in [6.45, 7) is 0.525. The van der Waals surface area contributed by atoms with E-state index in [-0.39, 0.29) is 17.9 Å². The van der Waals surface area contributed by atoms with Crippen LogP contribution in [-0.4, -0.2) is 38.7 Å². The molecule has 4 N–H and O–H groups in total. The van der Waals surface area contributed by atoms with Gasteiger partial charge in [-0.1, -0.05) is 24.3 Å². The summed E-state index contributed by atoms with van der Waals surface area (Å²) in [7, 11) is 0. The molecule has 140 valence electrons. The number of nitrogens with two attached hydrogens (primary N) is 1. The normalized spacial score (nSPS) is 16.1. The summed E-state index contributed by atoms with van der Waals surface area (Å²) in [5, 5.41) is 13.0. The van der Waals surface area contributed by atoms with Crippen molar-refractivity contribution in [3.8, 4) is 0 Å². The van der Waals surface area contributed by atoms with Crippen LogP contribution in [0.1, 0.15) is 15.2 Å². The molecule has 0 aliphatic carbocycles. The number of fused-ring (bicyclic) bond motifs is 2. The highest BCUT2D eigenvalue weighted by atomic mass is 32.1. The third-order valence-corrected chi connectivity index (χ3v) is 5.65. The number of nitrogen functional groups attached to an aromatic ring is 1. The van der Waals surface area contributed by atoms with Gasteiger partial charge in [0.1, 0.15) is 5.82 Å². The molecule has 8 nitrogen and oxygen atoms in total. The Balaban J connectivity index is 1.50. The molecule has 28 heavy (non-hydrogen) atoms. The number of hydrogen-bond acceptors (Lipinski definition) is 7. The predicted molar refractivity (Wildman–Crippen MR) is 110 cm³/mol. The summed E-state index contributed by atoms with van der Waals surface area (Å²) in [5.41, 5.74) is 8.48. The molecule has 1 unspecified atom stereocenters. The second-order valence-corrected chi connectivity index (χ2v) is 7.58. The Kier molecular flexibility index (Phi) is 3.94. The second-order valence-electron chi connectivity index (χ2n) is 6.63. The van der Waals surface area contributed by atoms with Gasteiger partial charge in [0.25, 0.3) is 5.91 Å². The number of anilines is 3. The van der Waals surface area contributed by atoms with Crippen molar-refractivity contribution in [3.05, 3.63) is 58.4 Å². The largest absolute Gasteiger partial charge is 0.368 e. The maximum Gasteiger partial charge on any atom is 0.268 e. The highest BCUT2D eigenvalue weighted by Gasteiger charge is 2.30. The first-order chi connectivity index (χ1) is 13.7. The van der Waals surface area contributed by atoms with Gasteiger partial charge in [-0.05, 0) is 29.5 Å². The summed E-state index contributed by atoms with van der Waals surface area (Å²) in [4.78, 5) is 24.1. The van der Waals surface area contributed by atoms with E-state index in [1.54, 1.807) is 6.20 Å². The van der Waals surface area contributed by atoms with E-state index in [0.29, 0.717) is 18.0 Å². The van der Waals surface area contributed by atoms with Gasteiger partial charge < -0.3 is 16.0 Å². The van der Waals surface area contributed by atoms with Crippen LogP contribution in [0.25, 0.3) is 11.0 Å². The maximum absolute atomic E-state index is 13.1. The molecule has 0 fully saturated rings. The second kappa shape index (κ2) is 6.61. The fourth-order valence-electron chi connectivity index (χ4n) is 3.57. The number of amides is 1. The van der Waals surface area contributed by atoms with E-state index >= 15 is 0 Å². The van der Waals surface area contributed by atoms with Crippen LogP contribution in [0.2, 0.25) is 0 Å². The van der Waals surface area contributed by atoms with Crippen LogP contribution in [0.3, 0.4) is 0 Å². The molecule has 0 spiro atoms. The van der Waals surface area contributed by atoms with Crippen LogP contribution in [-0.2, 0) is 6.42 Å². The van der Waals surface area contributed by atoms with Crippen molar-refractivity contribution in [2.45, 2.75) is 12.5 Å². The van der Waals surface area contributed by atoms with Crippen molar-refractivity contribution >= 4 is 45.7 Å². The lowest BCUT2D eigenvalue weighted by atomic mass is 9.97. The quantitative estimate of drug-likeness (QED) is 0.495. The number of carbonyl (C=O) groups is 1. The van der Waals surface area contributed by atoms with E-state index in [1.807, 2.05) is 40.6 Å². The van der Waals surface area contributed by atoms with Crippen molar-refractivity contribution in [1.29, 1.82) is 0 Å². The van der Waals surface area contributed by atoms with Crippen LogP contribution >= 0.6 is 11.3 Å². The zero-order valence-corrected chi connectivity index (χ0v) is 15.6. The van der Waals surface area contributed by atoms with E-state index in [9.17, 15) is 4.79 Å². The first-order valence-corrected chi connectivity index (χ1v) is 9.73. The van der Waals surface area contributed by atoms with Crippen LogP contribution in [0, 0.1) is 0 Å². The molecule has 1 aliphatic rings. The first-order valence-electron chi connectivity index (χ1n) is 8.85. The van der Waals surface area contributed by atoms with Crippen molar-refractivity contribution in [3.63, 3.8) is 0 Å². The number of aromatic nitrogens is 4. The molecular weight excluding hydrogens is 374 g/mol. The Bertz CT molecular complexity index is 1150. The summed E-state index contributed by atoms with van der Waals surface area (Å²) in [6, 6.07) is 11.7. The number of nitrogens with zero attached hydrogens (tertiary/aromatic N) is 4. The minimum Gasteiger partial charge on any atom is -0.368 e. The van der Waals surface area contributed by atoms with Gasteiger partial charge in [0, 0.05) is 18.3 Å². The van der Waals surface area contributed by atoms with E-state index in [0.717, 1.165) is 27.9 Å². The smallest absolute Gasteiger partial charge is 0.268 e. The standard InChI is InChI=1S/C19H17N7OS/c20-19-23-16(13-9-21-25-17(13)24-19)22-12-8-11-4-1-2-5-14(11)26(10-12)18(27)15-6-3-7-28-15/h1-7,9,12H,8,10H2,(H4,20,21,22,23,24,25). The number of rotatable bonds is 3. The molecule has 4 aromatic rings. The van der Waals surface area contributed by atoms with Crippen molar-refractivity contribution in [2.24, 2.45) is 0 Å². The Morgan fingerprint density at radius 2 is 2.14 bits per heavy atom. The number of nitrogens with one attached hydrogen (secondary N) is 2. The van der Waals surface area contributed by atoms with E-state index in [2.05, 4.69) is 31.5 Å². The fraction of sp³-hybridized carbons (Fsp3) is 0.158. The molecule has 0 saturated heterocycles. The Morgan fingerprint density at radius 1 is 1.25 bits per heavy atom. The molecule has 1 amide bonds. The predicted octanol–water partition coefficient (Wildman–Crippen LogP) is 2.68. The van der Waals surface area contributed by atoms with Gasteiger partial charge in [0.15, 0.2) is 5.65 Å². The third kappa shape index (κ3) is 2.85. The molecule has 0 radical (unpaired) electrons. The Morgan fingerprint density at radius 3 is 3.00 bits per heavy atom. The summed E-state index contributed by atoms with van der Waals surface area (Å²) in [6.07, 6.45) is 2.44. The number of carbonyl (C=O) groups excluding carboxylic acids is 1. The molecule has 4 heterocycles. The molecule has 1 atom stereocenters. The highest BCUT2D eigenvalue weighted by Crippen LogP contribution is 2.31. The lowest BCUT2D eigenvalue weighted by molar-refractivity contribution is 0.0988. The Hall–Kier alpha value is -3.46. The van der Waals surface area contributed by atoms with Crippen molar-refractivity contribution in [2.75, 3.05) is 22.5 Å². The summed E-state index contributed by atoms with van der Waals surface area (Å²) >= 11 is 1.45. The van der Waals surface area contributed by atoms with Gasteiger partial charge in [-0.3, -0.25) is 9.89 Å². The minimum absolute atomic E-state index is 0.00427. The van der Waals surface area contributed by atoms with E-state index in [4.69, 9.17) is 5.73 Å². The monoisotopic (exact) mass is 391 g/mol. The average Bonchev–Trinajstić information content (AvgIpc) is 3.38. The van der Waals surface area contributed by atoms with Crippen molar-refractivity contribution in [1.82, 2.24) is 20.2 Å². The first kappa shape index (κ1) is 16.7. The third-order valence-electron chi connectivity index (χ3n) is 4.80. The number of H-pyrrole nitrogens is 1. The summed E-state index contributed by atoms with van der Waals surface area (Å²) in [5.74, 6) is 0.788. The lowest BCUT2D eigenvalue weighted by Gasteiger charge is -2.35. The van der Waals surface area contributed by atoms with Crippen LogP contribution in [0.4, 0.5) is 17.5 Å². The zero-order valence-electron chi connectivity index (χ0n) is 14.8. The number of hydrogen-bond donors (Lipinski definition) is 3. The maximum atomic E-state index is 13.1. The number of benzene rings is 1. The molecule has 1 aliphatic heterocycles.